The number of benzene rings is 2. The van der Waals surface area contributed by atoms with Gasteiger partial charge in [-0.15, -0.1) is 0 Å². The molecule has 0 atom stereocenters. The molecule has 0 radical (unpaired) electrons. The summed E-state index contributed by atoms with van der Waals surface area (Å²) in [6.45, 7) is 2.96. The fourth-order valence-corrected chi connectivity index (χ4v) is 2.44. The van der Waals surface area contributed by atoms with Crippen molar-refractivity contribution >= 4 is 16.6 Å². The Labute approximate surface area is 113 Å². The van der Waals surface area contributed by atoms with E-state index in [0.29, 0.717) is 0 Å². The van der Waals surface area contributed by atoms with Crippen molar-refractivity contribution in [3.05, 3.63) is 65.9 Å². The SMILES string of the molecule is Cc1ccc(NCc2cn(C)c3ccccc23)cc1. The van der Waals surface area contributed by atoms with E-state index in [1.54, 1.807) is 0 Å². The second-order valence-electron chi connectivity index (χ2n) is 5.00. The van der Waals surface area contributed by atoms with Gasteiger partial charge in [0, 0.05) is 36.4 Å². The summed E-state index contributed by atoms with van der Waals surface area (Å²) >= 11 is 0. The largest absolute Gasteiger partial charge is 0.381 e. The highest BCUT2D eigenvalue weighted by atomic mass is 14.9. The van der Waals surface area contributed by atoms with E-state index >= 15 is 0 Å². The van der Waals surface area contributed by atoms with Gasteiger partial charge in [0.25, 0.3) is 0 Å². The van der Waals surface area contributed by atoms with Gasteiger partial charge in [-0.1, -0.05) is 35.9 Å². The molecule has 0 amide bonds. The van der Waals surface area contributed by atoms with Crippen LogP contribution in [0.3, 0.4) is 0 Å². The van der Waals surface area contributed by atoms with Crippen LogP contribution in [0.15, 0.2) is 54.7 Å². The van der Waals surface area contributed by atoms with Gasteiger partial charge in [-0.2, -0.15) is 0 Å². The number of hydrogen-bond acceptors (Lipinski definition) is 1. The summed E-state index contributed by atoms with van der Waals surface area (Å²) in [5.74, 6) is 0. The van der Waals surface area contributed by atoms with Gasteiger partial charge >= 0.3 is 0 Å². The van der Waals surface area contributed by atoms with Crippen LogP contribution in [-0.2, 0) is 13.6 Å². The molecule has 2 heteroatoms. The zero-order chi connectivity index (χ0) is 13.2. The minimum atomic E-state index is 0.852. The first-order chi connectivity index (χ1) is 9.24. The zero-order valence-electron chi connectivity index (χ0n) is 11.4. The van der Waals surface area contributed by atoms with E-state index in [1.165, 1.54) is 27.7 Å². The first-order valence-corrected chi connectivity index (χ1v) is 6.57. The summed E-state index contributed by atoms with van der Waals surface area (Å²) in [5, 5.41) is 4.80. The average Bonchev–Trinajstić information content (AvgIpc) is 2.76. The van der Waals surface area contributed by atoms with Crippen molar-refractivity contribution in [2.45, 2.75) is 13.5 Å². The number of para-hydroxylation sites is 1. The Morgan fingerprint density at radius 2 is 1.74 bits per heavy atom. The van der Waals surface area contributed by atoms with Crippen LogP contribution in [-0.4, -0.2) is 4.57 Å². The third-order valence-electron chi connectivity index (χ3n) is 3.51. The van der Waals surface area contributed by atoms with Gasteiger partial charge < -0.3 is 9.88 Å². The van der Waals surface area contributed by atoms with E-state index in [0.717, 1.165) is 6.54 Å². The van der Waals surface area contributed by atoms with Gasteiger partial charge in [0.1, 0.15) is 0 Å². The molecule has 3 rings (SSSR count). The molecule has 2 aromatic carbocycles. The van der Waals surface area contributed by atoms with Crippen molar-refractivity contribution in [3.8, 4) is 0 Å². The molecule has 0 bridgehead atoms. The van der Waals surface area contributed by atoms with Crippen LogP contribution < -0.4 is 5.32 Å². The van der Waals surface area contributed by atoms with Crippen molar-refractivity contribution in [2.24, 2.45) is 7.05 Å². The lowest BCUT2D eigenvalue weighted by molar-refractivity contribution is 0.956. The Morgan fingerprint density at radius 3 is 2.53 bits per heavy atom. The van der Waals surface area contributed by atoms with Crippen LogP contribution in [0.4, 0.5) is 5.69 Å². The van der Waals surface area contributed by atoms with Crippen LogP contribution >= 0.6 is 0 Å². The minimum absolute atomic E-state index is 0.852. The molecule has 0 spiro atoms. The van der Waals surface area contributed by atoms with Crippen molar-refractivity contribution in [3.63, 3.8) is 0 Å². The standard InChI is InChI=1S/C17H18N2/c1-13-7-9-15(10-8-13)18-11-14-12-19(2)17-6-4-3-5-16(14)17/h3-10,12,18H,11H2,1-2H3. The third kappa shape index (κ3) is 2.34. The number of hydrogen-bond donors (Lipinski definition) is 1. The molecular formula is C17H18N2. The van der Waals surface area contributed by atoms with E-state index in [2.05, 4.69) is 78.6 Å². The van der Waals surface area contributed by atoms with E-state index in [1.807, 2.05) is 0 Å². The lowest BCUT2D eigenvalue weighted by atomic mass is 10.1. The maximum atomic E-state index is 3.48. The van der Waals surface area contributed by atoms with Gasteiger partial charge in [-0.05, 0) is 30.7 Å². The van der Waals surface area contributed by atoms with Gasteiger partial charge in [0.15, 0.2) is 0 Å². The number of nitrogens with one attached hydrogen (secondary N) is 1. The second kappa shape index (κ2) is 4.81. The molecule has 19 heavy (non-hydrogen) atoms. The van der Waals surface area contributed by atoms with Crippen LogP contribution in [0, 0.1) is 6.92 Å². The summed E-state index contributed by atoms with van der Waals surface area (Å²) in [5.41, 5.74) is 5.07. The summed E-state index contributed by atoms with van der Waals surface area (Å²) in [7, 11) is 2.09. The number of aryl methyl sites for hydroxylation is 2. The second-order valence-corrected chi connectivity index (χ2v) is 5.00. The van der Waals surface area contributed by atoms with E-state index in [4.69, 9.17) is 0 Å². The highest BCUT2D eigenvalue weighted by Crippen LogP contribution is 2.21. The van der Waals surface area contributed by atoms with Crippen LogP contribution in [0.2, 0.25) is 0 Å². The normalized spacial score (nSPS) is 10.8. The molecule has 3 aromatic rings. The molecular weight excluding hydrogens is 232 g/mol. The van der Waals surface area contributed by atoms with Crippen molar-refractivity contribution in [1.29, 1.82) is 0 Å². The third-order valence-corrected chi connectivity index (χ3v) is 3.51. The van der Waals surface area contributed by atoms with Crippen LogP contribution in [0.25, 0.3) is 10.9 Å². The monoisotopic (exact) mass is 250 g/mol. The Bertz CT molecular complexity index is 693. The predicted octanol–water partition coefficient (Wildman–Crippen LogP) is 4.10. The van der Waals surface area contributed by atoms with Crippen molar-refractivity contribution < 1.29 is 0 Å². The number of nitrogens with zero attached hydrogens (tertiary/aromatic N) is 1. The minimum Gasteiger partial charge on any atom is -0.381 e. The topological polar surface area (TPSA) is 17.0 Å². The molecule has 0 aliphatic heterocycles. The molecule has 0 fully saturated rings. The first kappa shape index (κ1) is 11.8. The maximum Gasteiger partial charge on any atom is 0.0481 e. The summed E-state index contributed by atoms with van der Waals surface area (Å²) in [6, 6.07) is 17.0. The lowest BCUT2D eigenvalue weighted by Crippen LogP contribution is -1.98. The Kier molecular flexibility index (Phi) is 3.00. The molecule has 1 heterocycles. The first-order valence-electron chi connectivity index (χ1n) is 6.57. The summed E-state index contributed by atoms with van der Waals surface area (Å²) in [4.78, 5) is 0. The fraction of sp³-hybridized carbons (Fsp3) is 0.176. The quantitative estimate of drug-likeness (QED) is 0.740. The molecule has 0 aliphatic carbocycles. The molecule has 0 aliphatic rings. The molecule has 0 saturated heterocycles. The maximum absolute atomic E-state index is 3.48. The highest BCUT2D eigenvalue weighted by molar-refractivity contribution is 5.84. The smallest absolute Gasteiger partial charge is 0.0481 e. The predicted molar refractivity (Wildman–Crippen MR) is 81.4 cm³/mol. The molecule has 2 nitrogen and oxygen atoms in total. The van der Waals surface area contributed by atoms with Crippen LogP contribution in [0.5, 0.6) is 0 Å². The molecule has 0 saturated carbocycles. The number of fused-ring (bicyclic) bond motifs is 1. The van der Waals surface area contributed by atoms with Crippen molar-refractivity contribution in [2.75, 3.05) is 5.32 Å². The van der Waals surface area contributed by atoms with E-state index in [-0.39, 0.29) is 0 Å². The molecule has 1 N–H and O–H groups in total. The summed E-state index contributed by atoms with van der Waals surface area (Å²) < 4.78 is 2.18. The Hall–Kier alpha value is -2.22. The molecule has 96 valence electrons. The van der Waals surface area contributed by atoms with E-state index in [9.17, 15) is 0 Å². The Morgan fingerprint density at radius 1 is 1.00 bits per heavy atom. The number of aromatic nitrogens is 1. The van der Waals surface area contributed by atoms with Gasteiger partial charge in [-0.25, -0.2) is 0 Å². The molecule has 1 aromatic heterocycles. The van der Waals surface area contributed by atoms with E-state index < -0.39 is 0 Å². The summed E-state index contributed by atoms with van der Waals surface area (Å²) in [6.07, 6.45) is 2.20. The van der Waals surface area contributed by atoms with Gasteiger partial charge in [0.05, 0.1) is 0 Å². The number of rotatable bonds is 3. The highest BCUT2D eigenvalue weighted by Gasteiger charge is 2.05. The number of anilines is 1. The Balaban J connectivity index is 1.84. The zero-order valence-corrected chi connectivity index (χ0v) is 11.4. The average molecular weight is 250 g/mol. The lowest BCUT2D eigenvalue weighted by Gasteiger charge is -2.05. The van der Waals surface area contributed by atoms with Gasteiger partial charge in [0.2, 0.25) is 0 Å². The van der Waals surface area contributed by atoms with Crippen LogP contribution in [0.1, 0.15) is 11.1 Å². The fourth-order valence-electron chi connectivity index (χ4n) is 2.44. The van der Waals surface area contributed by atoms with Gasteiger partial charge in [-0.3, -0.25) is 0 Å². The molecule has 0 unspecified atom stereocenters. The van der Waals surface area contributed by atoms with Crippen molar-refractivity contribution in [1.82, 2.24) is 4.57 Å².